The van der Waals surface area contributed by atoms with Crippen LogP contribution in [0.15, 0.2) is 17.2 Å². The molecule has 23 heavy (non-hydrogen) atoms. The van der Waals surface area contributed by atoms with E-state index in [2.05, 4.69) is 9.82 Å². The van der Waals surface area contributed by atoms with E-state index >= 15 is 0 Å². The van der Waals surface area contributed by atoms with Crippen molar-refractivity contribution in [3.05, 3.63) is 22.2 Å². The maximum absolute atomic E-state index is 12.8. The zero-order valence-corrected chi connectivity index (χ0v) is 15.1. The summed E-state index contributed by atoms with van der Waals surface area (Å²) >= 11 is 19.1. The molecule has 0 saturated carbocycles. The third-order valence-corrected chi connectivity index (χ3v) is 3.88. The molecule has 0 radical (unpaired) electrons. The fourth-order valence-electron chi connectivity index (χ4n) is 1.57. The van der Waals surface area contributed by atoms with Crippen molar-refractivity contribution >= 4 is 70.4 Å². The van der Waals surface area contributed by atoms with Gasteiger partial charge >= 0.3 is 6.55 Å². The molecule has 0 fully saturated rings. The van der Waals surface area contributed by atoms with Gasteiger partial charge in [-0.05, 0) is 12.1 Å². The van der Waals surface area contributed by atoms with Crippen LogP contribution < -0.4 is 9.73 Å². The molecule has 5 nitrogen and oxygen atoms in total. The predicted molar refractivity (Wildman–Crippen MR) is 94.1 cm³/mol. The first-order chi connectivity index (χ1) is 10.8. The van der Waals surface area contributed by atoms with Crippen molar-refractivity contribution in [1.29, 1.82) is 0 Å². The fraction of sp³-hybridized carbons (Fsp3) is 0.333. The number of alkyl halides is 3. The van der Waals surface area contributed by atoms with Gasteiger partial charge in [-0.3, -0.25) is 9.80 Å². The van der Waals surface area contributed by atoms with Gasteiger partial charge in [0.05, 0.1) is 27.3 Å². The molecule has 0 aliphatic rings. The predicted octanol–water partition coefficient (Wildman–Crippen LogP) is 4.35. The van der Waals surface area contributed by atoms with E-state index in [0.717, 1.165) is 0 Å². The quantitative estimate of drug-likeness (QED) is 0.139. The normalized spacial score (nSPS) is 11.6. The highest BCUT2D eigenvalue weighted by Crippen LogP contribution is 2.35. The minimum atomic E-state index is -3.05. The van der Waals surface area contributed by atoms with E-state index < -0.39 is 6.55 Å². The van der Waals surface area contributed by atoms with E-state index in [4.69, 9.17) is 34.8 Å². The van der Waals surface area contributed by atoms with Gasteiger partial charge < -0.3 is 4.72 Å². The first-order valence-corrected chi connectivity index (χ1v) is 8.54. The number of amidine groups is 1. The molecule has 1 amide bonds. The molecule has 1 rings (SSSR count). The molecule has 0 aromatic heterocycles. The van der Waals surface area contributed by atoms with Gasteiger partial charge in [0.15, 0.2) is 5.84 Å². The van der Waals surface area contributed by atoms with Gasteiger partial charge in [0.2, 0.25) is 6.41 Å². The van der Waals surface area contributed by atoms with Crippen LogP contribution in [0.3, 0.4) is 0 Å². The number of hydrogen-bond donors (Lipinski definition) is 1. The third-order valence-electron chi connectivity index (χ3n) is 2.60. The average molecular weight is 406 g/mol. The van der Waals surface area contributed by atoms with Crippen LogP contribution in [0.4, 0.5) is 20.2 Å². The molecule has 11 heteroatoms. The minimum absolute atomic E-state index is 0.0378. The lowest BCUT2D eigenvalue weighted by atomic mass is 10.3. The zero-order chi connectivity index (χ0) is 17.6. The van der Waals surface area contributed by atoms with Crippen LogP contribution >= 0.6 is 46.8 Å². The van der Waals surface area contributed by atoms with Crippen LogP contribution in [0.5, 0.6) is 0 Å². The Morgan fingerprint density at radius 3 is 2.57 bits per heavy atom. The zero-order valence-electron chi connectivity index (χ0n) is 12.1. The van der Waals surface area contributed by atoms with E-state index in [1.807, 2.05) is 6.26 Å². The number of benzene rings is 1. The minimum Gasteiger partial charge on any atom is -0.329 e. The highest BCUT2D eigenvalue weighted by Gasteiger charge is 2.21. The summed E-state index contributed by atoms with van der Waals surface area (Å²) in [6.07, 6.45) is 1.77. The maximum atomic E-state index is 12.8. The molecule has 1 N–H and O–H groups in total. The second kappa shape index (κ2) is 9.36. The van der Waals surface area contributed by atoms with Crippen molar-refractivity contribution in [2.24, 2.45) is 5.10 Å². The Labute approximate surface area is 151 Å². The van der Waals surface area contributed by atoms with Gasteiger partial charge in [0.25, 0.3) is 0 Å². The number of hydrogen-bond acceptors (Lipinski definition) is 5. The monoisotopic (exact) mass is 404 g/mol. The van der Waals surface area contributed by atoms with E-state index in [-0.39, 0.29) is 28.0 Å². The first-order valence-electron chi connectivity index (χ1n) is 6.02. The van der Waals surface area contributed by atoms with Crippen molar-refractivity contribution in [1.82, 2.24) is 4.90 Å². The van der Waals surface area contributed by atoms with Crippen molar-refractivity contribution < 1.29 is 13.6 Å². The molecule has 0 aliphatic heterocycles. The summed E-state index contributed by atoms with van der Waals surface area (Å²) in [6.45, 7) is -3.05. The lowest BCUT2D eigenvalue weighted by molar-refractivity contribution is -0.123. The average Bonchev–Trinajstić information content (AvgIpc) is 2.49. The molecular formula is C12H13Cl3F2N4OS. The van der Waals surface area contributed by atoms with Crippen LogP contribution in [-0.4, -0.2) is 42.9 Å². The van der Waals surface area contributed by atoms with Crippen LogP contribution in [0.1, 0.15) is 0 Å². The van der Waals surface area contributed by atoms with Gasteiger partial charge in [-0.15, -0.1) is 11.6 Å². The molecule has 0 heterocycles. The number of amides is 1. The number of nitrogens with one attached hydrogen (secondary N) is 1. The summed E-state index contributed by atoms with van der Waals surface area (Å²) < 4.78 is 28.5. The Hall–Kier alpha value is -0.960. The molecule has 0 atom stereocenters. The number of anilines is 2. The lowest BCUT2D eigenvalue weighted by Gasteiger charge is -2.22. The summed E-state index contributed by atoms with van der Waals surface area (Å²) in [5.41, 5.74) is 0.976. The van der Waals surface area contributed by atoms with E-state index in [1.54, 1.807) is 6.07 Å². The Morgan fingerprint density at radius 1 is 1.43 bits per heavy atom. The van der Waals surface area contributed by atoms with Crippen LogP contribution in [0.2, 0.25) is 10.0 Å². The summed E-state index contributed by atoms with van der Waals surface area (Å²) in [5.74, 6) is -0.696. The third kappa shape index (κ3) is 5.27. The van der Waals surface area contributed by atoms with E-state index in [1.165, 1.54) is 30.1 Å². The topological polar surface area (TPSA) is 47.9 Å². The molecule has 1 aromatic rings. The summed E-state index contributed by atoms with van der Waals surface area (Å²) in [7, 11) is 1.49. The largest absolute Gasteiger partial charge is 0.329 e. The molecule has 0 spiro atoms. The standard InChI is InChI=1S/C12H13Cl3F2N4OS/c1-20(18-11(5-13)21(6-22)12(16)17)10-4-9(19-23-2)7(14)3-8(10)15/h3-4,6,12,19H,5H2,1-2H3/b18-11-. The molecule has 0 unspecified atom stereocenters. The second-order valence-corrected chi connectivity index (χ2v) is 5.75. The Bertz CT molecular complexity index is 592. The number of hydrazone groups is 1. The molecule has 0 aliphatic carbocycles. The summed E-state index contributed by atoms with van der Waals surface area (Å²) in [5, 5.41) is 5.81. The van der Waals surface area contributed by atoms with E-state index in [0.29, 0.717) is 16.4 Å². The number of carbonyl (C=O) groups excluding carboxylic acids is 1. The van der Waals surface area contributed by atoms with Crippen molar-refractivity contribution in [2.45, 2.75) is 6.55 Å². The van der Waals surface area contributed by atoms with Crippen LogP contribution in [0, 0.1) is 0 Å². The van der Waals surface area contributed by atoms with Gasteiger partial charge in [-0.25, -0.2) is 4.90 Å². The number of rotatable bonds is 7. The van der Waals surface area contributed by atoms with Crippen LogP contribution in [-0.2, 0) is 4.79 Å². The second-order valence-electron chi connectivity index (χ2n) is 4.05. The molecule has 0 bridgehead atoms. The molecule has 1 aromatic carbocycles. The number of halogens is 5. The van der Waals surface area contributed by atoms with Gasteiger partial charge in [-0.2, -0.15) is 13.9 Å². The molecule has 0 saturated heterocycles. The lowest BCUT2D eigenvalue weighted by Crippen LogP contribution is -2.37. The summed E-state index contributed by atoms with van der Waals surface area (Å²) in [6, 6.07) is 3.10. The highest BCUT2D eigenvalue weighted by molar-refractivity contribution is 7.99. The summed E-state index contributed by atoms with van der Waals surface area (Å²) in [4.78, 5) is 10.9. The van der Waals surface area contributed by atoms with Gasteiger partial charge in [0, 0.05) is 13.3 Å². The van der Waals surface area contributed by atoms with Crippen molar-refractivity contribution in [3.8, 4) is 0 Å². The maximum Gasteiger partial charge on any atom is 0.322 e. The highest BCUT2D eigenvalue weighted by atomic mass is 35.5. The van der Waals surface area contributed by atoms with Crippen LogP contribution in [0.25, 0.3) is 0 Å². The number of carbonyl (C=O) groups is 1. The Morgan fingerprint density at radius 2 is 2.09 bits per heavy atom. The molecular weight excluding hydrogens is 393 g/mol. The first kappa shape index (κ1) is 20.1. The Kier molecular flexibility index (Phi) is 8.18. The van der Waals surface area contributed by atoms with Gasteiger partial charge in [0.1, 0.15) is 0 Å². The smallest absolute Gasteiger partial charge is 0.322 e. The molecule has 128 valence electrons. The van der Waals surface area contributed by atoms with Crippen molar-refractivity contribution in [2.75, 3.05) is 28.9 Å². The fourth-order valence-corrected chi connectivity index (χ4v) is 2.76. The van der Waals surface area contributed by atoms with E-state index in [9.17, 15) is 13.6 Å². The SMILES string of the molecule is CSNc1cc(N(C)/N=C(/CCl)N(C=O)C(F)F)c(Cl)cc1Cl. The Balaban J connectivity index is 3.21. The van der Waals surface area contributed by atoms with Gasteiger partial charge in [-0.1, -0.05) is 35.1 Å². The van der Waals surface area contributed by atoms with Crippen molar-refractivity contribution in [3.63, 3.8) is 0 Å². The number of nitrogens with zero attached hydrogens (tertiary/aromatic N) is 3.